The predicted molar refractivity (Wildman–Crippen MR) is 116 cm³/mol. The minimum Gasteiger partial charge on any atom is -0.484 e. The number of halogens is 1. The Morgan fingerprint density at radius 1 is 1.06 bits per heavy atom. The fourth-order valence-electron chi connectivity index (χ4n) is 3.44. The summed E-state index contributed by atoms with van der Waals surface area (Å²) in [6.07, 6.45) is 0.789. The van der Waals surface area contributed by atoms with Crippen molar-refractivity contribution in [3.63, 3.8) is 0 Å². The largest absolute Gasteiger partial charge is 0.484 e. The molecule has 1 N–H and O–H groups in total. The number of benzene rings is 3. The lowest BCUT2D eigenvalue weighted by atomic mass is 10.0. The number of rotatable bonds is 6. The fourth-order valence-corrected chi connectivity index (χ4v) is 3.44. The molecule has 7 heteroatoms. The summed E-state index contributed by atoms with van der Waals surface area (Å²) in [5, 5.41) is 8.08. The van der Waals surface area contributed by atoms with Gasteiger partial charge in [0.25, 0.3) is 0 Å². The van der Waals surface area contributed by atoms with E-state index < -0.39 is 12.2 Å². The van der Waals surface area contributed by atoms with Gasteiger partial charge in [0.2, 0.25) is 0 Å². The Labute approximate surface area is 179 Å². The molecule has 0 fully saturated rings. The van der Waals surface area contributed by atoms with Gasteiger partial charge in [0, 0.05) is 5.39 Å². The minimum absolute atomic E-state index is 0.294. The number of alkyl carbamates (subject to hydrolysis) is 1. The topological polar surface area (TPSA) is 65.4 Å². The van der Waals surface area contributed by atoms with Crippen molar-refractivity contribution >= 4 is 17.0 Å². The first kappa shape index (κ1) is 20.4. The average Bonchev–Trinajstić information content (AvgIpc) is 3.21. The fraction of sp³-hybridized carbons (Fsp3) is 0.167. The standard InChI is InChI=1S/C24H22FN3O3/c1-16(27-24(29)30-2)23(17-6-4-3-5-7-17)31-21-12-13-22-18(14-21)15-26-28(22)20-10-8-19(25)9-11-20/h3-16,23H,1-2H3,(H,27,29)/t16-,23-/m0/s1. The molecule has 0 aliphatic heterocycles. The Morgan fingerprint density at radius 3 is 2.52 bits per heavy atom. The van der Waals surface area contributed by atoms with E-state index in [9.17, 15) is 9.18 Å². The number of hydrogen-bond donors (Lipinski definition) is 1. The van der Waals surface area contributed by atoms with Crippen LogP contribution in [-0.2, 0) is 4.74 Å². The van der Waals surface area contributed by atoms with Gasteiger partial charge in [0.05, 0.1) is 30.6 Å². The van der Waals surface area contributed by atoms with E-state index in [-0.39, 0.29) is 11.9 Å². The van der Waals surface area contributed by atoms with E-state index in [1.165, 1.54) is 19.2 Å². The highest BCUT2D eigenvalue weighted by atomic mass is 19.1. The quantitative estimate of drug-likeness (QED) is 0.476. The third kappa shape index (κ3) is 4.50. The van der Waals surface area contributed by atoms with E-state index in [0.717, 1.165) is 22.2 Å². The number of aromatic nitrogens is 2. The maximum Gasteiger partial charge on any atom is 0.407 e. The molecular formula is C24H22FN3O3. The van der Waals surface area contributed by atoms with Crippen molar-refractivity contribution in [2.45, 2.75) is 19.1 Å². The first-order valence-corrected chi connectivity index (χ1v) is 9.85. The molecule has 158 valence electrons. The summed E-state index contributed by atoms with van der Waals surface area (Å²) in [4.78, 5) is 11.7. The van der Waals surface area contributed by atoms with Crippen LogP contribution in [0.25, 0.3) is 16.6 Å². The van der Waals surface area contributed by atoms with Crippen LogP contribution in [0.5, 0.6) is 5.75 Å². The van der Waals surface area contributed by atoms with Gasteiger partial charge in [-0.2, -0.15) is 5.10 Å². The lowest BCUT2D eigenvalue weighted by Crippen LogP contribution is -2.39. The van der Waals surface area contributed by atoms with Crippen molar-refractivity contribution < 1.29 is 18.7 Å². The number of amides is 1. The Kier molecular flexibility index (Phi) is 5.84. The van der Waals surface area contributed by atoms with Crippen LogP contribution in [0, 0.1) is 5.82 Å². The van der Waals surface area contributed by atoms with E-state index in [2.05, 4.69) is 10.4 Å². The van der Waals surface area contributed by atoms with Crippen molar-refractivity contribution in [3.05, 3.63) is 90.4 Å². The van der Waals surface area contributed by atoms with Crippen LogP contribution in [0.2, 0.25) is 0 Å². The maximum atomic E-state index is 13.2. The van der Waals surface area contributed by atoms with Crippen molar-refractivity contribution in [2.75, 3.05) is 7.11 Å². The van der Waals surface area contributed by atoms with Crippen molar-refractivity contribution in [1.82, 2.24) is 15.1 Å². The molecule has 4 aromatic rings. The van der Waals surface area contributed by atoms with Crippen LogP contribution in [0.1, 0.15) is 18.6 Å². The monoisotopic (exact) mass is 419 g/mol. The van der Waals surface area contributed by atoms with Gasteiger partial charge in [-0.15, -0.1) is 0 Å². The zero-order valence-corrected chi connectivity index (χ0v) is 17.2. The molecule has 0 saturated carbocycles. The SMILES string of the molecule is COC(=O)N[C@@H](C)[C@H](Oc1ccc2c(cnn2-c2ccc(F)cc2)c1)c1ccccc1. The van der Waals surface area contributed by atoms with E-state index >= 15 is 0 Å². The number of carbonyl (C=O) groups excluding carboxylic acids is 1. The van der Waals surface area contributed by atoms with Crippen LogP contribution >= 0.6 is 0 Å². The summed E-state index contributed by atoms with van der Waals surface area (Å²) in [6.45, 7) is 1.86. The third-order valence-electron chi connectivity index (χ3n) is 4.99. The molecule has 2 atom stereocenters. The molecule has 1 amide bonds. The van der Waals surface area contributed by atoms with Crippen LogP contribution in [0.4, 0.5) is 9.18 Å². The molecule has 6 nitrogen and oxygen atoms in total. The van der Waals surface area contributed by atoms with E-state index in [1.807, 2.05) is 55.5 Å². The molecule has 0 spiro atoms. The molecule has 0 unspecified atom stereocenters. The number of carbonyl (C=O) groups is 1. The number of fused-ring (bicyclic) bond motifs is 1. The third-order valence-corrected chi connectivity index (χ3v) is 4.99. The summed E-state index contributed by atoms with van der Waals surface area (Å²) < 4.78 is 26.0. The number of methoxy groups -OCH3 is 1. The second kappa shape index (κ2) is 8.87. The molecule has 1 heterocycles. The normalized spacial score (nSPS) is 12.9. The van der Waals surface area contributed by atoms with Gasteiger partial charge in [-0.1, -0.05) is 30.3 Å². The van der Waals surface area contributed by atoms with E-state index in [1.54, 1.807) is 23.0 Å². The van der Waals surface area contributed by atoms with Crippen LogP contribution in [-0.4, -0.2) is 29.0 Å². The molecule has 3 aromatic carbocycles. The number of hydrogen-bond acceptors (Lipinski definition) is 4. The van der Waals surface area contributed by atoms with Gasteiger partial charge >= 0.3 is 6.09 Å². The molecule has 0 aliphatic rings. The Morgan fingerprint density at radius 2 is 1.81 bits per heavy atom. The van der Waals surface area contributed by atoms with Crippen molar-refractivity contribution in [3.8, 4) is 11.4 Å². The van der Waals surface area contributed by atoms with Crippen LogP contribution in [0.15, 0.2) is 79.0 Å². The Balaban J connectivity index is 1.63. The second-order valence-electron chi connectivity index (χ2n) is 7.13. The highest BCUT2D eigenvalue weighted by molar-refractivity contribution is 5.81. The lowest BCUT2D eigenvalue weighted by molar-refractivity contribution is 0.135. The summed E-state index contributed by atoms with van der Waals surface area (Å²) in [6, 6.07) is 21.1. The molecule has 31 heavy (non-hydrogen) atoms. The summed E-state index contributed by atoms with van der Waals surface area (Å²) >= 11 is 0. The second-order valence-corrected chi connectivity index (χ2v) is 7.13. The number of nitrogens with one attached hydrogen (secondary N) is 1. The number of nitrogens with zero attached hydrogens (tertiary/aromatic N) is 2. The van der Waals surface area contributed by atoms with Gasteiger partial charge in [0.15, 0.2) is 0 Å². The van der Waals surface area contributed by atoms with E-state index in [4.69, 9.17) is 9.47 Å². The molecular weight excluding hydrogens is 397 g/mol. The summed E-state index contributed by atoms with van der Waals surface area (Å²) in [5.41, 5.74) is 2.56. The Hall–Kier alpha value is -3.87. The number of ether oxygens (including phenoxy) is 2. The average molecular weight is 419 g/mol. The summed E-state index contributed by atoms with van der Waals surface area (Å²) in [5.74, 6) is 0.344. The van der Waals surface area contributed by atoms with Crippen LogP contribution < -0.4 is 10.1 Å². The van der Waals surface area contributed by atoms with Crippen molar-refractivity contribution in [2.24, 2.45) is 0 Å². The zero-order valence-electron chi connectivity index (χ0n) is 17.2. The molecule has 1 aromatic heterocycles. The summed E-state index contributed by atoms with van der Waals surface area (Å²) in [7, 11) is 1.33. The van der Waals surface area contributed by atoms with Gasteiger partial charge in [-0.3, -0.25) is 0 Å². The smallest absolute Gasteiger partial charge is 0.407 e. The molecule has 0 radical (unpaired) electrons. The highest BCUT2D eigenvalue weighted by Crippen LogP contribution is 2.29. The van der Waals surface area contributed by atoms with Crippen molar-refractivity contribution in [1.29, 1.82) is 0 Å². The lowest BCUT2D eigenvalue weighted by Gasteiger charge is -2.26. The maximum absolute atomic E-state index is 13.2. The van der Waals surface area contributed by atoms with Crippen LogP contribution in [0.3, 0.4) is 0 Å². The minimum atomic E-state index is -0.520. The first-order valence-electron chi connectivity index (χ1n) is 9.85. The highest BCUT2D eigenvalue weighted by Gasteiger charge is 2.23. The van der Waals surface area contributed by atoms with Gasteiger partial charge < -0.3 is 14.8 Å². The van der Waals surface area contributed by atoms with Gasteiger partial charge in [-0.05, 0) is 55.0 Å². The predicted octanol–water partition coefficient (Wildman–Crippen LogP) is 5.03. The molecule has 0 saturated heterocycles. The Bertz CT molecular complexity index is 1180. The molecule has 0 aliphatic carbocycles. The first-order chi connectivity index (χ1) is 15.0. The molecule has 4 rings (SSSR count). The molecule has 0 bridgehead atoms. The zero-order chi connectivity index (χ0) is 21.8. The van der Waals surface area contributed by atoms with Gasteiger partial charge in [0.1, 0.15) is 17.7 Å². The van der Waals surface area contributed by atoms with E-state index in [0.29, 0.717) is 5.75 Å². The van der Waals surface area contributed by atoms with Gasteiger partial charge in [-0.25, -0.2) is 13.9 Å².